The first-order valence-electron chi connectivity index (χ1n) is 11.2. The second kappa shape index (κ2) is 10.3. The molecule has 33 heavy (non-hydrogen) atoms. The molecule has 0 saturated heterocycles. The summed E-state index contributed by atoms with van der Waals surface area (Å²) in [4.78, 5) is 17.0. The number of nitrogens with zero attached hydrogens (tertiary/aromatic N) is 2. The third-order valence-electron chi connectivity index (χ3n) is 5.62. The summed E-state index contributed by atoms with van der Waals surface area (Å²) in [6.45, 7) is 4.86. The summed E-state index contributed by atoms with van der Waals surface area (Å²) in [5.74, 6) is 1.22. The Kier molecular flexibility index (Phi) is 7.03. The monoisotopic (exact) mass is 445 g/mol. The average molecular weight is 446 g/mol. The van der Waals surface area contributed by atoms with E-state index in [9.17, 15) is 9.18 Å². The quantitative estimate of drug-likeness (QED) is 0.370. The molecule has 0 unspecified atom stereocenters. The lowest BCUT2D eigenvalue weighted by molar-refractivity contribution is -0.123. The van der Waals surface area contributed by atoms with Crippen molar-refractivity contribution in [2.45, 2.75) is 33.2 Å². The summed E-state index contributed by atoms with van der Waals surface area (Å²) in [7, 11) is 0. The largest absolute Gasteiger partial charge is 0.483 e. The Balaban J connectivity index is 1.35. The highest BCUT2D eigenvalue weighted by Crippen LogP contribution is 2.20. The van der Waals surface area contributed by atoms with Crippen LogP contribution < -0.4 is 10.1 Å². The van der Waals surface area contributed by atoms with Crippen molar-refractivity contribution in [3.05, 3.63) is 95.1 Å². The number of aromatic nitrogens is 2. The lowest BCUT2D eigenvalue weighted by Gasteiger charge is -2.11. The maximum atomic E-state index is 14.3. The molecule has 0 aliphatic heterocycles. The van der Waals surface area contributed by atoms with E-state index in [1.165, 1.54) is 6.07 Å². The van der Waals surface area contributed by atoms with Crippen LogP contribution in [0.5, 0.6) is 5.75 Å². The number of imidazole rings is 1. The van der Waals surface area contributed by atoms with Crippen LogP contribution in [0.4, 0.5) is 4.39 Å². The Labute approximate surface area is 193 Å². The molecule has 1 heterocycles. The highest BCUT2D eigenvalue weighted by Gasteiger charge is 2.13. The van der Waals surface area contributed by atoms with Crippen molar-refractivity contribution >= 4 is 16.9 Å². The molecule has 4 aromatic rings. The van der Waals surface area contributed by atoms with Gasteiger partial charge in [-0.3, -0.25) is 4.79 Å². The molecule has 0 aliphatic carbocycles. The van der Waals surface area contributed by atoms with Crippen molar-refractivity contribution in [2.75, 3.05) is 13.2 Å². The summed E-state index contributed by atoms with van der Waals surface area (Å²) >= 11 is 0. The van der Waals surface area contributed by atoms with Gasteiger partial charge in [-0.1, -0.05) is 42.5 Å². The number of hydrogen-bond acceptors (Lipinski definition) is 3. The number of benzene rings is 3. The fourth-order valence-corrected chi connectivity index (χ4v) is 3.82. The smallest absolute Gasteiger partial charge is 0.257 e. The third-order valence-corrected chi connectivity index (χ3v) is 5.62. The molecule has 1 amide bonds. The fourth-order valence-electron chi connectivity index (χ4n) is 3.82. The Hall–Kier alpha value is -3.67. The van der Waals surface area contributed by atoms with Crippen molar-refractivity contribution < 1.29 is 13.9 Å². The zero-order valence-electron chi connectivity index (χ0n) is 19.0. The van der Waals surface area contributed by atoms with Gasteiger partial charge in [0.05, 0.1) is 17.6 Å². The molecule has 0 fully saturated rings. The van der Waals surface area contributed by atoms with Gasteiger partial charge in [-0.15, -0.1) is 0 Å². The lowest BCUT2D eigenvalue weighted by Crippen LogP contribution is -2.30. The van der Waals surface area contributed by atoms with Crippen LogP contribution in [0.3, 0.4) is 0 Å². The fraction of sp³-hybridized carbons (Fsp3) is 0.259. The molecule has 170 valence electrons. The summed E-state index contributed by atoms with van der Waals surface area (Å²) in [5, 5.41) is 2.91. The van der Waals surface area contributed by atoms with Gasteiger partial charge in [0, 0.05) is 18.5 Å². The van der Waals surface area contributed by atoms with E-state index in [0.717, 1.165) is 40.2 Å². The van der Waals surface area contributed by atoms with Gasteiger partial charge in [0.2, 0.25) is 0 Å². The standard InChI is InChI=1S/C27H28FN3O2/c1-19-13-14-20(2)25(16-19)33-18-27(32)29-15-7-12-26-30-23-10-5-6-11-24(23)31(26)17-21-8-3-4-9-22(21)28/h3-6,8-11,13-14,16H,7,12,15,17-18H2,1-2H3,(H,29,32). The average Bonchev–Trinajstić information content (AvgIpc) is 3.16. The molecule has 1 N–H and O–H groups in total. The number of amides is 1. The molecule has 0 atom stereocenters. The predicted molar refractivity (Wildman–Crippen MR) is 128 cm³/mol. The minimum atomic E-state index is -0.225. The number of ether oxygens (including phenoxy) is 1. The number of rotatable bonds is 9. The SMILES string of the molecule is Cc1ccc(C)c(OCC(=O)NCCCc2nc3ccccc3n2Cc2ccccc2F)c1. The summed E-state index contributed by atoms with van der Waals surface area (Å²) < 4.78 is 22.0. The lowest BCUT2D eigenvalue weighted by atomic mass is 10.1. The normalized spacial score (nSPS) is 11.0. The highest BCUT2D eigenvalue weighted by molar-refractivity contribution is 5.77. The van der Waals surface area contributed by atoms with E-state index in [0.29, 0.717) is 25.1 Å². The number of nitrogens with one attached hydrogen (secondary N) is 1. The van der Waals surface area contributed by atoms with E-state index in [4.69, 9.17) is 9.72 Å². The molecular weight excluding hydrogens is 417 g/mol. The molecule has 3 aromatic carbocycles. The van der Waals surface area contributed by atoms with Crippen LogP contribution in [0.25, 0.3) is 11.0 Å². The van der Waals surface area contributed by atoms with Gasteiger partial charge in [0.1, 0.15) is 17.4 Å². The zero-order chi connectivity index (χ0) is 23.2. The molecule has 0 saturated carbocycles. The van der Waals surface area contributed by atoms with Crippen LogP contribution in [-0.4, -0.2) is 28.6 Å². The van der Waals surface area contributed by atoms with Crippen molar-refractivity contribution in [2.24, 2.45) is 0 Å². The number of aryl methyl sites for hydroxylation is 3. The molecule has 4 rings (SSSR count). The Bertz CT molecular complexity index is 1270. The zero-order valence-corrected chi connectivity index (χ0v) is 19.0. The second-order valence-corrected chi connectivity index (χ2v) is 8.21. The first-order chi connectivity index (χ1) is 16.0. The Morgan fingerprint density at radius 3 is 2.70 bits per heavy atom. The van der Waals surface area contributed by atoms with Gasteiger partial charge in [0.25, 0.3) is 5.91 Å². The third kappa shape index (κ3) is 5.58. The van der Waals surface area contributed by atoms with Crippen LogP contribution in [0.15, 0.2) is 66.7 Å². The van der Waals surface area contributed by atoms with Gasteiger partial charge in [-0.25, -0.2) is 9.37 Å². The summed E-state index contributed by atoms with van der Waals surface area (Å²) in [5.41, 5.74) is 4.58. The first-order valence-corrected chi connectivity index (χ1v) is 11.2. The van der Waals surface area contributed by atoms with E-state index >= 15 is 0 Å². The van der Waals surface area contributed by atoms with Gasteiger partial charge in [0.15, 0.2) is 6.61 Å². The first kappa shape index (κ1) is 22.5. The van der Waals surface area contributed by atoms with Gasteiger partial charge in [-0.2, -0.15) is 0 Å². The number of carbonyl (C=O) groups is 1. The maximum absolute atomic E-state index is 14.3. The van der Waals surface area contributed by atoms with Crippen LogP contribution in [0.2, 0.25) is 0 Å². The molecule has 6 heteroatoms. The molecule has 1 aromatic heterocycles. The van der Waals surface area contributed by atoms with Gasteiger partial charge in [-0.05, 0) is 55.7 Å². The minimum Gasteiger partial charge on any atom is -0.483 e. The number of para-hydroxylation sites is 2. The van der Waals surface area contributed by atoms with Crippen LogP contribution >= 0.6 is 0 Å². The van der Waals surface area contributed by atoms with Crippen molar-refractivity contribution in [3.63, 3.8) is 0 Å². The summed E-state index contributed by atoms with van der Waals surface area (Å²) in [6, 6.07) is 20.6. The molecule has 5 nitrogen and oxygen atoms in total. The maximum Gasteiger partial charge on any atom is 0.257 e. The Morgan fingerprint density at radius 2 is 1.85 bits per heavy atom. The number of hydrogen-bond donors (Lipinski definition) is 1. The number of halogens is 1. The second-order valence-electron chi connectivity index (χ2n) is 8.21. The summed E-state index contributed by atoms with van der Waals surface area (Å²) in [6.07, 6.45) is 1.39. The number of carbonyl (C=O) groups excluding carboxylic acids is 1. The van der Waals surface area contributed by atoms with Crippen LogP contribution in [0.1, 0.15) is 28.9 Å². The predicted octanol–water partition coefficient (Wildman–Crippen LogP) is 4.97. The van der Waals surface area contributed by atoms with Gasteiger partial charge < -0.3 is 14.6 Å². The van der Waals surface area contributed by atoms with E-state index in [1.54, 1.807) is 12.1 Å². The van der Waals surface area contributed by atoms with E-state index in [-0.39, 0.29) is 18.3 Å². The minimum absolute atomic E-state index is 0.0178. The molecule has 0 bridgehead atoms. The molecule has 0 aliphatic rings. The van der Waals surface area contributed by atoms with Crippen molar-refractivity contribution in [3.8, 4) is 5.75 Å². The van der Waals surface area contributed by atoms with E-state index < -0.39 is 0 Å². The highest BCUT2D eigenvalue weighted by atomic mass is 19.1. The molecule has 0 radical (unpaired) electrons. The van der Waals surface area contributed by atoms with Gasteiger partial charge >= 0.3 is 0 Å². The number of fused-ring (bicyclic) bond motifs is 1. The molecule has 0 spiro atoms. The Morgan fingerprint density at radius 1 is 1.06 bits per heavy atom. The van der Waals surface area contributed by atoms with Crippen LogP contribution in [0, 0.1) is 19.7 Å². The topological polar surface area (TPSA) is 56.1 Å². The van der Waals surface area contributed by atoms with E-state index in [2.05, 4.69) is 9.88 Å². The van der Waals surface area contributed by atoms with Crippen molar-refractivity contribution in [1.29, 1.82) is 0 Å². The van der Waals surface area contributed by atoms with Crippen LogP contribution in [-0.2, 0) is 17.8 Å². The van der Waals surface area contributed by atoms with Crippen molar-refractivity contribution in [1.82, 2.24) is 14.9 Å². The van der Waals surface area contributed by atoms with E-state index in [1.807, 2.05) is 62.4 Å². The molecular formula is C27H28FN3O2.